The van der Waals surface area contributed by atoms with Gasteiger partial charge in [0.1, 0.15) is 0 Å². The number of Topliss-reactive ketones (excluding diaryl/α,β-unsaturated/α-hetero) is 1. The smallest absolute Gasteiger partial charge is 0.237 e. The van der Waals surface area contributed by atoms with Gasteiger partial charge in [-0.2, -0.15) is 11.8 Å². The van der Waals surface area contributed by atoms with Crippen molar-refractivity contribution in [1.82, 2.24) is 5.32 Å². The standard InChI is InChI=1S/C17H26N2O2S.ClH/c1-12(2)9-14(18)17(21)19-15(16(20)11-22-3)10-13-7-5-4-6-8-13;/h4-8,12,14-15H,9-11,18H2,1-3H3,(H,19,21);1H/t14-,15-;/m0./s1. The van der Waals surface area contributed by atoms with Crippen molar-refractivity contribution in [3.05, 3.63) is 35.9 Å². The van der Waals surface area contributed by atoms with E-state index in [-0.39, 0.29) is 24.1 Å². The second kappa shape index (κ2) is 11.5. The molecule has 0 saturated heterocycles. The first kappa shape index (κ1) is 22.0. The van der Waals surface area contributed by atoms with Crippen LogP contribution in [0, 0.1) is 5.92 Å². The third-order valence-corrected chi connectivity index (χ3v) is 3.91. The summed E-state index contributed by atoms with van der Waals surface area (Å²) in [6, 6.07) is 8.62. The summed E-state index contributed by atoms with van der Waals surface area (Å²) in [4.78, 5) is 24.4. The molecule has 4 nitrogen and oxygen atoms in total. The molecule has 0 spiro atoms. The predicted molar refractivity (Wildman–Crippen MR) is 100 cm³/mol. The van der Waals surface area contributed by atoms with E-state index in [4.69, 9.17) is 5.73 Å². The molecule has 0 aliphatic heterocycles. The third kappa shape index (κ3) is 8.39. The quantitative estimate of drug-likeness (QED) is 0.711. The van der Waals surface area contributed by atoms with Crippen LogP contribution in [0.4, 0.5) is 0 Å². The molecule has 0 radical (unpaired) electrons. The third-order valence-electron chi connectivity index (χ3n) is 3.34. The molecule has 2 atom stereocenters. The zero-order valence-corrected chi connectivity index (χ0v) is 15.6. The number of rotatable bonds is 9. The molecule has 0 heterocycles. The van der Waals surface area contributed by atoms with E-state index in [2.05, 4.69) is 5.32 Å². The Morgan fingerprint density at radius 3 is 2.35 bits per heavy atom. The van der Waals surface area contributed by atoms with Gasteiger partial charge in [-0.05, 0) is 30.6 Å². The van der Waals surface area contributed by atoms with Gasteiger partial charge in [0.25, 0.3) is 0 Å². The summed E-state index contributed by atoms with van der Waals surface area (Å²) in [6.45, 7) is 4.04. The number of halogens is 1. The van der Waals surface area contributed by atoms with Crippen molar-refractivity contribution < 1.29 is 9.59 Å². The van der Waals surface area contributed by atoms with Crippen molar-refractivity contribution in [2.45, 2.75) is 38.8 Å². The Labute approximate surface area is 149 Å². The number of benzene rings is 1. The molecule has 0 aliphatic carbocycles. The minimum Gasteiger partial charge on any atom is -0.345 e. The highest BCUT2D eigenvalue weighted by atomic mass is 35.5. The topological polar surface area (TPSA) is 72.2 Å². The van der Waals surface area contributed by atoms with Crippen LogP contribution in [0.2, 0.25) is 0 Å². The van der Waals surface area contributed by atoms with E-state index in [1.165, 1.54) is 11.8 Å². The van der Waals surface area contributed by atoms with E-state index in [1.807, 2.05) is 50.4 Å². The summed E-state index contributed by atoms with van der Waals surface area (Å²) in [7, 11) is 0. The Kier molecular flexibility index (Phi) is 11.0. The number of hydrogen-bond acceptors (Lipinski definition) is 4. The fourth-order valence-corrected chi connectivity index (χ4v) is 2.72. The molecule has 23 heavy (non-hydrogen) atoms. The highest BCUT2D eigenvalue weighted by Gasteiger charge is 2.23. The summed E-state index contributed by atoms with van der Waals surface area (Å²) < 4.78 is 0. The van der Waals surface area contributed by atoms with Crippen molar-refractivity contribution in [2.24, 2.45) is 11.7 Å². The van der Waals surface area contributed by atoms with E-state index < -0.39 is 12.1 Å². The van der Waals surface area contributed by atoms with Gasteiger partial charge < -0.3 is 11.1 Å². The molecule has 6 heteroatoms. The average molecular weight is 359 g/mol. The Morgan fingerprint density at radius 1 is 1.22 bits per heavy atom. The number of carbonyl (C=O) groups is 2. The lowest BCUT2D eigenvalue weighted by Crippen LogP contribution is -2.50. The second-order valence-electron chi connectivity index (χ2n) is 5.89. The van der Waals surface area contributed by atoms with Gasteiger partial charge in [-0.15, -0.1) is 12.4 Å². The van der Waals surface area contributed by atoms with E-state index in [0.717, 1.165) is 5.56 Å². The van der Waals surface area contributed by atoms with Crippen LogP contribution in [0.5, 0.6) is 0 Å². The fourth-order valence-electron chi connectivity index (χ4n) is 2.23. The van der Waals surface area contributed by atoms with Crippen LogP contribution < -0.4 is 11.1 Å². The Bertz CT molecular complexity index is 483. The van der Waals surface area contributed by atoms with Crippen LogP contribution in [0.25, 0.3) is 0 Å². The first-order chi connectivity index (χ1) is 10.4. The zero-order chi connectivity index (χ0) is 16.5. The van der Waals surface area contributed by atoms with Gasteiger partial charge in [0, 0.05) is 0 Å². The molecule has 0 bridgehead atoms. The molecule has 0 aromatic heterocycles. The van der Waals surface area contributed by atoms with E-state index in [0.29, 0.717) is 24.5 Å². The number of nitrogens with one attached hydrogen (secondary N) is 1. The lowest BCUT2D eigenvalue weighted by Gasteiger charge is -2.21. The van der Waals surface area contributed by atoms with Crippen molar-refractivity contribution in [3.8, 4) is 0 Å². The normalized spacial score (nSPS) is 13.1. The van der Waals surface area contributed by atoms with Crippen molar-refractivity contribution >= 4 is 35.9 Å². The average Bonchev–Trinajstić information content (AvgIpc) is 2.47. The number of amides is 1. The first-order valence-electron chi connectivity index (χ1n) is 7.55. The molecule has 1 aromatic carbocycles. The van der Waals surface area contributed by atoms with Crippen LogP contribution in [0.15, 0.2) is 30.3 Å². The molecule has 1 aromatic rings. The Balaban J connectivity index is 0.00000484. The number of carbonyl (C=O) groups excluding carboxylic acids is 2. The summed E-state index contributed by atoms with van der Waals surface area (Å²) in [5, 5.41) is 2.83. The molecular formula is C17H27ClN2O2S. The highest BCUT2D eigenvalue weighted by molar-refractivity contribution is 7.99. The van der Waals surface area contributed by atoms with E-state index in [9.17, 15) is 9.59 Å². The summed E-state index contributed by atoms with van der Waals surface area (Å²) in [6.07, 6.45) is 2.99. The maximum Gasteiger partial charge on any atom is 0.237 e. The number of thioether (sulfide) groups is 1. The highest BCUT2D eigenvalue weighted by Crippen LogP contribution is 2.08. The maximum absolute atomic E-state index is 12.3. The maximum atomic E-state index is 12.3. The summed E-state index contributed by atoms with van der Waals surface area (Å²) >= 11 is 1.46. The lowest BCUT2D eigenvalue weighted by atomic mass is 10.0. The van der Waals surface area contributed by atoms with Gasteiger partial charge in [0.2, 0.25) is 5.91 Å². The molecule has 130 valence electrons. The molecule has 0 aliphatic rings. The monoisotopic (exact) mass is 358 g/mol. The molecule has 0 fully saturated rings. The summed E-state index contributed by atoms with van der Waals surface area (Å²) in [5.41, 5.74) is 6.93. The Hall–Kier alpha value is -1.04. The van der Waals surface area contributed by atoms with E-state index in [1.54, 1.807) is 0 Å². The van der Waals surface area contributed by atoms with Crippen LogP contribution in [-0.4, -0.2) is 35.8 Å². The van der Waals surface area contributed by atoms with Crippen molar-refractivity contribution in [2.75, 3.05) is 12.0 Å². The van der Waals surface area contributed by atoms with Crippen molar-refractivity contribution in [3.63, 3.8) is 0 Å². The van der Waals surface area contributed by atoms with Crippen LogP contribution in [0.1, 0.15) is 25.8 Å². The molecule has 0 saturated carbocycles. The molecule has 1 amide bonds. The zero-order valence-electron chi connectivity index (χ0n) is 14.0. The van der Waals surface area contributed by atoms with Gasteiger partial charge in [-0.25, -0.2) is 0 Å². The molecular weight excluding hydrogens is 332 g/mol. The Morgan fingerprint density at radius 2 is 1.83 bits per heavy atom. The van der Waals surface area contributed by atoms with Gasteiger partial charge in [0.15, 0.2) is 5.78 Å². The van der Waals surface area contributed by atoms with Gasteiger partial charge in [-0.1, -0.05) is 44.2 Å². The largest absolute Gasteiger partial charge is 0.345 e. The molecule has 0 unspecified atom stereocenters. The van der Waals surface area contributed by atoms with Gasteiger partial charge in [-0.3, -0.25) is 9.59 Å². The second-order valence-corrected chi connectivity index (χ2v) is 6.75. The van der Waals surface area contributed by atoms with Crippen LogP contribution in [-0.2, 0) is 16.0 Å². The number of nitrogens with two attached hydrogens (primary N) is 1. The number of hydrogen-bond donors (Lipinski definition) is 2. The lowest BCUT2D eigenvalue weighted by molar-refractivity contribution is -0.127. The first-order valence-corrected chi connectivity index (χ1v) is 8.95. The number of ketones is 1. The molecule has 3 N–H and O–H groups in total. The van der Waals surface area contributed by atoms with Crippen LogP contribution in [0.3, 0.4) is 0 Å². The van der Waals surface area contributed by atoms with Gasteiger partial charge in [0.05, 0.1) is 17.8 Å². The predicted octanol–water partition coefficient (Wildman–Crippen LogP) is 2.44. The van der Waals surface area contributed by atoms with Crippen LogP contribution >= 0.6 is 24.2 Å². The molecule has 1 rings (SSSR count). The minimum absolute atomic E-state index is 0. The minimum atomic E-state index is -0.569. The van der Waals surface area contributed by atoms with Gasteiger partial charge >= 0.3 is 0 Å². The summed E-state index contributed by atoms with van der Waals surface area (Å²) in [5.74, 6) is 0.512. The SMILES string of the molecule is CSCC(=O)[C@H](Cc1ccccc1)NC(=O)[C@@H](N)CC(C)C.Cl. The fraction of sp³-hybridized carbons (Fsp3) is 0.529. The van der Waals surface area contributed by atoms with E-state index >= 15 is 0 Å². The van der Waals surface area contributed by atoms with Crippen molar-refractivity contribution in [1.29, 1.82) is 0 Å².